The highest BCUT2D eigenvalue weighted by Crippen LogP contribution is 2.18. The normalized spacial score (nSPS) is 20.8. The fourth-order valence-corrected chi connectivity index (χ4v) is 3.92. The molecule has 24 heavy (non-hydrogen) atoms. The maximum Gasteiger partial charge on any atom is 0.279 e. The van der Waals surface area contributed by atoms with Gasteiger partial charge in [0.25, 0.3) is 5.91 Å². The Balaban J connectivity index is 1.44. The maximum atomic E-state index is 13.7. The molecule has 3 N–H and O–H groups in total. The summed E-state index contributed by atoms with van der Waals surface area (Å²) >= 11 is 7.51. The summed E-state index contributed by atoms with van der Waals surface area (Å²) in [6, 6.07) is 8.52. The summed E-state index contributed by atoms with van der Waals surface area (Å²) in [6.07, 6.45) is 0. The van der Waals surface area contributed by atoms with Crippen LogP contribution in [0.25, 0.3) is 0 Å². The average molecular weight is 370 g/mol. The van der Waals surface area contributed by atoms with Crippen molar-refractivity contribution in [2.45, 2.75) is 6.54 Å². The number of rotatable bonds is 5. The first-order chi connectivity index (χ1) is 11.6. The summed E-state index contributed by atoms with van der Waals surface area (Å²) in [7, 11) is 0. The molecule has 2 aromatic rings. The van der Waals surface area contributed by atoms with Gasteiger partial charge in [0.15, 0.2) is 6.54 Å². The zero-order valence-electron chi connectivity index (χ0n) is 13.3. The minimum absolute atomic E-state index is 0.159. The van der Waals surface area contributed by atoms with E-state index in [-0.39, 0.29) is 11.6 Å². The van der Waals surface area contributed by atoms with Gasteiger partial charge in [-0.3, -0.25) is 4.79 Å². The number of hydrogen-bond donors (Lipinski definition) is 3. The van der Waals surface area contributed by atoms with E-state index >= 15 is 0 Å². The number of carbonyl (C=O) groups is 1. The van der Waals surface area contributed by atoms with Gasteiger partial charge >= 0.3 is 0 Å². The number of amides is 1. The molecule has 3 rings (SSSR count). The van der Waals surface area contributed by atoms with Gasteiger partial charge in [0.05, 0.1) is 10.6 Å². The van der Waals surface area contributed by atoms with Gasteiger partial charge in [0.2, 0.25) is 0 Å². The third kappa shape index (κ3) is 4.77. The Morgan fingerprint density at radius 2 is 1.96 bits per heavy atom. The molecular weight excluding hydrogens is 349 g/mol. The molecule has 1 aliphatic heterocycles. The number of anilines is 1. The third-order valence-electron chi connectivity index (χ3n) is 4.28. The molecule has 0 bridgehead atoms. The van der Waals surface area contributed by atoms with Crippen molar-refractivity contribution in [3.63, 3.8) is 0 Å². The molecule has 0 saturated carbocycles. The highest BCUT2D eigenvalue weighted by molar-refractivity contribution is 7.09. The highest BCUT2D eigenvalue weighted by atomic mass is 35.5. The van der Waals surface area contributed by atoms with E-state index < -0.39 is 5.82 Å². The van der Waals surface area contributed by atoms with Crippen LogP contribution in [-0.4, -0.2) is 38.6 Å². The Bertz CT molecular complexity index is 687. The summed E-state index contributed by atoms with van der Waals surface area (Å²) in [5, 5.41) is 5.06. The molecule has 7 heteroatoms. The molecule has 4 nitrogen and oxygen atoms in total. The minimum Gasteiger partial charge on any atom is -0.321 e. The van der Waals surface area contributed by atoms with Crippen molar-refractivity contribution in [3.05, 3.63) is 51.4 Å². The van der Waals surface area contributed by atoms with Crippen molar-refractivity contribution >= 4 is 34.5 Å². The Labute approximate surface area is 149 Å². The zero-order chi connectivity index (χ0) is 16.9. The topological polar surface area (TPSA) is 38.0 Å². The van der Waals surface area contributed by atoms with Crippen LogP contribution in [0.4, 0.5) is 10.1 Å². The fourth-order valence-electron chi connectivity index (χ4n) is 2.98. The first-order valence-corrected chi connectivity index (χ1v) is 9.30. The van der Waals surface area contributed by atoms with E-state index in [1.165, 1.54) is 21.9 Å². The Morgan fingerprint density at radius 3 is 2.62 bits per heavy atom. The van der Waals surface area contributed by atoms with Gasteiger partial charge in [-0.15, -0.1) is 11.3 Å². The lowest BCUT2D eigenvalue weighted by molar-refractivity contribution is -1.01. The van der Waals surface area contributed by atoms with Crippen LogP contribution in [-0.2, 0) is 11.3 Å². The van der Waals surface area contributed by atoms with Gasteiger partial charge < -0.3 is 15.1 Å². The van der Waals surface area contributed by atoms with Gasteiger partial charge in [-0.1, -0.05) is 17.7 Å². The molecule has 0 atom stereocenters. The van der Waals surface area contributed by atoms with Gasteiger partial charge in [-0.05, 0) is 29.6 Å². The number of quaternary nitrogens is 2. The Kier molecular flexibility index (Phi) is 5.84. The van der Waals surface area contributed by atoms with E-state index in [0.717, 1.165) is 32.7 Å². The molecule has 1 amide bonds. The van der Waals surface area contributed by atoms with Crippen LogP contribution in [0.2, 0.25) is 5.02 Å². The number of hydrogen-bond acceptors (Lipinski definition) is 2. The number of piperazine rings is 1. The second kappa shape index (κ2) is 8.07. The van der Waals surface area contributed by atoms with Gasteiger partial charge in [-0.25, -0.2) is 4.39 Å². The molecule has 128 valence electrons. The molecule has 0 spiro atoms. The third-order valence-corrected chi connectivity index (χ3v) is 5.40. The Morgan fingerprint density at radius 1 is 1.21 bits per heavy atom. The molecule has 0 radical (unpaired) electrons. The Hall–Kier alpha value is -1.47. The predicted octanol–water partition coefficient (Wildman–Crippen LogP) is 0.463. The number of nitrogens with one attached hydrogen (secondary N) is 3. The number of carbonyl (C=O) groups excluding carboxylic acids is 1. The second-order valence-electron chi connectivity index (χ2n) is 6.11. The second-order valence-corrected chi connectivity index (χ2v) is 7.57. The number of halogens is 2. The zero-order valence-corrected chi connectivity index (χ0v) is 14.9. The van der Waals surface area contributed by atoms with Crippen LogP contribution < -0.4 is 15.1 Å². The molecule has 1 fully saturated rings. The largest absolute Gasteiger partial charge is 0.321 e. The van der Waals surface area contributed by atoms with Crippen LogP contribution >= 0.6 is 22.9 Å². The van der Waals surface area contributed by atoms with Crippen molar-refractivity contribution in [2.75, 3.05) is 38.0 Å². The van der Waals surface area contributed by atoms with Crippen LogP contribution in [0.15, 0.2) is 35.7 Å². The first kappa shape index (κ1) is 17.4. The van der Waals surface area contributed by atoms with Gasteiger partial charge in [0, 0.05) is 5.02 Å². The van der Waals surface area contributed by atoms with E-state index in [1.54, 1.807) is 22.3 Å². The molecule has 1 aliphatic rings. The molecule has 2 heterocycles. The summed E-state index contributed by atoms with van der Waals surface area (Å²) in [4.78, 5) is 16.3. The summed E-state index contributed by atoms with van der Waals surface area (Å²) < 4.78 is 13.7. The molecule has 1 aromatic carbocycles. The lowest BCUT2D eigenvalue weighted by atomic mass is 10.2. The van der Waals surface area contributed by atoms with Crippen molar-refractivity contribution in [1.29, 1.82) is 0 Å². The molecule has 0 unspecified atom stereocenters. The van der Waals surface area contributed by atoms with E-state index in [1.807, 2.05) is 0 Å². The van der Waals surface area contributed by atoms with Crippen LogP contribution in [0.5, 0.6) is 0 Å². The van der Waals surface area contributed by atoms with E-state index in [2.05, 4.69) is 22.8 Å². The number of benzene rings is 1. The molecule has 1 aromatic heterocycles. The number of thiophene rings is 1. The SMILES string of the molecule is O=C(C[NH+]1CC[NH+](Cc2cccs2)CC1)Nc1ccc(Cl)cc1F. The molecule has 0 aliphatic carbocycles. The smallest absolute Gasteiger partial charge is 0.279 e. The van der Waals surface area contributed by atoms with Crippen LogP contribution in [0, 0.1) is 5.82 Å². The lowest BCUT2D eigenvalue weighted by Crippen LogP contribution is -3.28. The van der Waals surface area contributed by atoms with E-state index in [4.69, 9.17) is 11.6 Å². The summed E-state index contributed by atoms with van der Waals surface area (Å²) in [6.45, 7) is 5.45. The minimum atomic E-state index is -0.504. The standard InChI is InChI=1S/C17H19ClFN3OS/c18-13-3-4-16(15(19)10-13)20-17(23)12-22-7-5-21(6-8-22)11-14-2-1-9-24-14/h1-4,9-10H,5-8,11-12H2,(H,20,23)/p+2. The first-order valence-electron chi connectivity index (χ1n) is 8.04. The lowest BCUT2D eigenvalue weighted by Gasteiger charge is -2.29. The average Bonchev–Trinajstić information content (AvgIpc) is 3.05. The summed E-state index contributed by atoms with van der Waals surface area (Å²) in [5.74, 6) is -0.663. The molecular formula is C17H21ClFN3OS+2. The van der Waals surface area contributed by atoms with Gasteiger partial charge in [-0.2, -0.15) is 0 Å². The molecule has 1 saturated heterocycles. The van der Waals surface area contributed by atoms with E-state index in [0.29, 0.717) is 11.6 Å². The van der Waals surface area contributed by atoms with Crippen LogP contribution in [0.3, 0.4) is 0 Å². The maximum absolute atomic E-state index is 13.7. The van der Waals surface area contributed by atoms with Crippen LogP contribution in [0.1, 0.15) is 4.88 Å². The van der Waals surface area contributed by atoms with Crippen molar-refractivity contribution < 1.29 is 19.0 Å². The fraction of sp³-hybridized carbons (Fsp3) is 0.353. The highest BCUT2D eigenvalue weighted by Gasteiger charge is 2.25. The van der Waals surface area contributed by atoms with Crippen molar-refractivity contribution in [3.8, 4) is 0 Å². The van der Waals surface area contributed by atoms with Crippen molar-refractivity contribution in [1.82, 2.24) is 0 Å². The monoisotopic (exact) mass is 369 g/mol. The summed E-state index contributed by atoms with van der Waals surface area (Å²) in [5.41, 5.74) is 0.186. The van der Waals surface area contributed by atoms with Crippen molar-refractivity contribution in [2.24, 2.45) is 0 Å². The van der Waals surface area contributed by atoms with E-state index in [9.17, 15) is 9.18 Å². The quantitative estimate of drug-likeness (QED) is 0.704. The predicted molar refractivity (Wildman–Crippen MR) is 94.3 cm³/mol. The van der Waals surface area contributed by atoms with Gasteiger partial charge in [0.1, 0.15) is 38.5 Å².